The lowest BCUT2D eigenvalue weighted by molar-refractivity contribution is -0.131. The fourth-order valence-corrected chi connectivity index (χ4v) is 2.65. The Balaban J connectivity index is 4.11. The van der Waals surface area contributed by atoms with Gasteiger partial charge in [-0.05, 0) is 32.5 Å². The highest BCUT2D eigenvalue weighted by molar-refractivity contribution is 6.69. The van der Waals surface area contributed by atoms with Crippen molar-refractivity contribution in [2.45, 2.75) is 59.4 Å². The molecule has 0 rings (SSSR count). The maximum Gasteiger partial charge on any atom is 0.184 e. The summed E-state index contributed by atoms with van der Waals surface area (Å²) in [6.45, 7) is 11.8. The van der Waals surface area contributed by atoms with Crippen LogP contribution in [0, 0.1) is 5.92 Å². The van der Waals surface area contributed by atoms with Crippen molar-refractivity contribution < 1.29 is 14.0 Å². The number of ketones is 2. The molecule has 0 radical (unpaired) electrons. The fraction of sp³-hybridized carbons (Fsp3) is 0.833. The smallest absolute Gasteiger partial charge is 0.184 e. The summed E-state index contributed by atoms with van der Waals surface area (Å²) in [7, 11) is -1.70. The number of hydrogen-bond donors (Lipinski definition) is 0. The molecule has 94 valence electrons. The van der Waals surface area contributed by atoms with Gasteiger partial charge >= 0.3 is 0 Å². The third-order valence-corrected chi connectivity index (χ3v) is 3.05. The fourth-order valence-electron chi connectivity index (χ4n) is 1.46. The molecule has 0 heterocycles. The van der Waals surface area contributed by atoms with Crippen LogP contribution in [0.1, 0.15) is 33.6 Å². The van der Waals surface area contributed by atoms with Crippen molar-refractivity contribution in [3.8, 4) is 0 Å². The molecule has 0 fully saturated rings. The molecule has 0 aliphatic heterocycles. The summed E-state index contributed by atoms with van der Waals surface area (Å²) in [5.74, 6) is 0.243. The molecule has 0 aliphatic rings. The van der Waals surface area contributed by atoms with Crippen molar-refractivity contribution >= 4 is 19.9 Å². The molecule has 0 aliphatic carbocycles. The van der Waals surface area contributed by atoms with Crippen LogP contribution in [0.25, 0.3) is 0 Å². The van der Waals surface area contributed by atoms with Gasteiger partial charge in [0.15, 0.2) is 14.1 Å². The molecule has 3 nitrogen and oxygen atoms in total. The van der Waals surface area contributed by atoms with Gasteiger partial charge in [0.2, 0.25) is 0 Å². The summed E-state index contributed by atoms with van der Waals surface area (Å²) >= 11 is 0. The molecule has 0 amide bonds. The van der Waals surface area contributed by atoms with E-state index in [2.05, 4.69) is 0 Å². The van der Waals surface area contributed by atoms with E-state index in [9.17, 15) is 9.59 Å². The summed E-state index contributed by atoms with van der Waals surface area (Å²) in [6, 6.07) is 0. The van der Waals surface area contributed by atoms with E-state index in [1.807, 2.05) is 33.5 Å². The number of rotatable bonds is 7. The van der Waals surface area contributed by atoms with Crippen LogP contribution in [0.4, 0.5) is 0 Å². The highest BCUT2D eigenvalue weighted by atomic mass is 28.4. The van der Waals surface area contributed by atoms with Gasteiger partial charge in [0.1, 0.15) is 11.9 Å². The van der Waals surface area contributed by atoms with E-state index in [0.29, 0.717) is 12.3 Å². The number of hydrogen-bond acceptors (Lipinski definition) is 3. The predicted molar refractivity (Wildman–Crippen MR) is 68.0 cm³/mol. The largest absolute Gasteiger partial charge is 0.408 e. The molecular formula is C12H24O3Si. The standard InChI is InChI=1S/C12H24O3Si/c1-9(2)7-11(13)8-12(14)10(3)15-16(4,5)6/h9-10H,7-8H2,1-6H3. The first-order valence-electron chi connectivity index (χ1n) is 5.84. The topological polar surface area (TPSA) is 43.4 Å². The Hall–Kier alpha value is -0.483. The summed E-state index contributed by atoms with van der Waals surface area (Å²) in [5, 5.41) is 0. The lowest BCUT2D eigenvalue weighted by atomic mass is 10.0. The first kappa shape index (κ1) is 15.5. The summed E-state index contributed by atoms with van der Waals surface area (Å²) in [4.78, 5) is 23.2. The normalized spacial score (nSPS) is 13.9. The Bertz CT molecular complexity index is 253. The first-order valence-corrected chi connectivity index (χ1v) is 9.25. The van der Waals surface area contributed by atoms with E-state index in [1.54, 1.807) is 6.92 Å². The molecular weight excluding hydrogens is 220 g/mol. The van der Waals surface area contributed by atoms with Gasteiger partial charge in [0.25, 0.3) is 0 Å². The van der Waals surface area contributed by atoms with Crippen LogP contribution in [-0.4, -0.2) is 26.0 Å². The first-order chi connectivity index (χ1) is 7.11. The quantitative estimate of drug-likeness (QED) is 0.511. The highest BCUT2D eigenvalue weighted by Gasteiger charge is 2.24. The van der Waals surface area contributed by atoms with Crippen molar-refractivity contribution in [2.75, 3.05) is 0 Å². The van der Waals surface area contributed by atoms with E-state index in [1.165, 1.54) is 0 Å². The van der Waals surface area contributed by atoms with Gasteiger partial charge in [-0.25, -0.2) is 0 Å². The summed E-state index contributed by atoms with van der Waals surface area (Å²) in [6.07, 6.45) is 0.0534. The Morgan fingerprint density at radius 2 is 1.62 bits per heavy atom. The van der Waals surface area contributed by atoms with Crippen LogP contribution in [0.5, 0.6) is 0 Å². The average Bonchev–Trinajstić information content (AvgIpc) is 1.98. The van der Waals surface area contributed by atoms with Gasteiger partial charge in [0.05, 0.1) is 6.42 Å². The van der Waals surface area contributed by atoms with E-state index >= 15 is 0 Å². The molecule has 0 aromatic carbocycles. The monoisotopic (exact) mass is 244 g/mol. The number of Topliss-reactive ketones (excluding diaryl/α,β-unsaturated/α-hetero) is 2. The Labute approximate surface area is 99.7 Å². The lowest BCUT2D eigenvalue weighted by Gasteiger charge is -2.22. The van der Waals surface area contributed by atoms with Crippen LogP contribution >= 0.6 is 0 Å². The van der Waals surface area contributed by atoms with Crippen molar-refractivity contribution in [3.63, 3.8) is 0 Å². The van der Waals surface area contributed by atoms with Crippen LogP contribution in [0.3, 0.4) is 0 Å². The van der Waals surface area contributed by atoms with E-state index in [-0.39, 0.29) is 18.0 Å². The minimum absolute atomic E-state index is 0.0177. The second-order valence-electron chi connectivity index (χ2n) is 5.65. The van der Waals surface area contributed by atoms with Crippen LogP contribution < -0.4 is 0 Å². The zero-order valence-corrected chi connectivity index (χ0v) is 12.3. The molecule has 0 N–H and O–H groups in total. The Morgan fingerprint density at radius 3 is 2.00 bits per heavy atom. The summed E-state index contributed by atoms with van der Waals surface area (Å²) in [5.41, 5.74) is 0. The van der Waals surface area contributed by atoms with Crippen molar-refractivity contribution in [1.29, 1.82) is 0 Å². The average molecular weight is 244 g/mol. The SMILES string of the molecule is CC(C)CC(=O)CC(=O)C(C)O[Si](C)(C)C. The molecule has 1 atom stereocenters. The predicted octanol–water partition coefficient (Wildman–Crippen LogP) is 2.80. The second kappa shape index (κ2) is 6.30. The molecule has 1 unspecified atom stereocenters. The Kier molecular flexibility index (Phi) is 6.11. The minimum atomic E-state index is -1.70. The van der Waals surface area contributed by atoms with Gasteiger partial charge in [-0.15, -0.1) is 0 Å². The molecule has 0 bridgehead atoms. The third-order valence-electron chi connectivity index (χ3n) is 1.99. The molecule has 0 spiro atoms. The van der Waals surface area contributed by atoms with E-state index < -0.39 is 14.4 Å². The maximum absolute atomic E-state index is 11.7. The third kappa shape index (κ3) is 7.76. The van der Waals surface area contributed by atoms with Crippen molar-refractivity contribution in [3.05, 3.63) is 0 Å². The minimum Gasteiger partial charge on any atom is -0.408 e. The van der Waals surface area contributed by atoms with Crippen molar-refractivity contribution in [2.24, 2.45) is 5.92 Å². The highest BCUT2D eigenvalue weighted by Crippen LogP contribution is 2.10. The van der Waals surface area contributed by atoms with Gasteiger partial charge in [-0.2, -0.15) is 0 Å². The van der Waals surface area contributed by atoms with Gasteiger partial charge < -0.3 is 4.43 Å². The van der Waals surface area contributed by atoms with E-state index in [0.717, 1.165) is 0 Å². The van der Waals surface area contributed by atoms with Gasteiger partial charge in [-0.3, -0.25) is 9.59 Å². The van der Waals surface area contributed by atoms with E-state index in [4.69, 9.17) is 4.43 Å². The maximum atomic E-state index is 11.7. The van der Waals surface area contributed by atoms with Gasteiger partial charge in [-0.1, -0.05) is 13.8 Å². The van der Waals surface area contributed by atoms with Crippen LogP contribution in [0.15, 0.2) is 0 Å². The number of carbonyl (C=O) groups is 2. The molecule has 16 heavy (non-hydrogen) atoms. The second-order valence-corrected chi connectivity index (χ2v) is 10.1. The van der Waals surface area contributed by atoms with Crippen molar-refractivity contribution in [1.82, 2.24) is 0 Å². The summed E-state index contributed by atoms with van der Waals surface area (Å²) < 4.78 is 5.64. The van der Waals surface area contributed by atoms with Gasteiger partial charge in [0, 0.05) is 6.42 Å². The molecule has 0 saturated carbocycles. The molecule has 0 aromatic rings. The molecule has 4 heteroatoms. The van der Waals surface area contributed by atoms with Crippen LogP contribution in [-0.2, 0) is 14.0 Å². The zero-order chi connectivity index (χ0) is 12.9. The molecule has 0 aromatic heterocycles. The molecule has 0 saturated heterocycles. The Morgan fingerprint density at radius 1 is 1.12 bits per heavy atom. The lowest BCUT2D eigenvalue weighted by Crippen LogP contribution is -2.35. The van der Waals surface area contributed by atoms with Crippen LogP contribution in [0.2, 0.25) is 19.6 Å². The zero-order valence-electron chi connectivity index (χ0n) is 11.3. The number of carbonyl (C=O) groups excluding carboxylic acids is 2.